The molecule has 152 valence electrons. The lowest BCUT2D eigenvalue weighted by molar-refractivity contribution is 0.577. The number of nitriles is 1. The van der Waals surface area contributed by atoms with E-state index >= 15 is 0 Å². The highest BCUT2D eigenvalue weighted by Gasteiger charge is 2.15. The van der Waals surface area contributed by atoms with Crippen LogP contribution in [-0.4, -0.2) is 31.5 Å². The van der Waals surface area contributed by atoms with Gasteiger partial charge < -0.3 is 10.6 Å². The number of nitrogens with one attached hydrogen (secondary N) is 3. The summed E-state index contributed by atoms with van der Waals surface area (Å²) in [7, 11) is -3.57. The maximum Gasteiger partial charge on any atom is 0.240 e. The molecule has 0 aliphatic carbocycles. The first-order valence-electron chi connectivity index (χ1n) is 9.53. The molecule has 0 spiro atoms. The second kappa shape index (κ2) is 8.49. The predicted octanol–water partition coefficient (Wildman–Crippen LogP) is 3.24. The summed E-state index contributed by atoms with van der Waals surface area (Å²) in [5.74, 6) is 0.994. The Morgan fingerprint density at radius 2 is 1.87 bits per heavy atom. The Bertz CT molecular complexity index is 1220. The zero-order valence-electron chi connectivity index (χ0n) is 16.1. The van der Waals surface area contributed by atoms with Gasteiger partial charge in [-0.1, -0.05) is 18.2 Å². The van der Waals surface area contributed by atoms with Crippen LogP contribution in [0.5, 0.6) is 0 Å². The summed E-state index contributed by atoms with van der Waals surface area (Å²) in [5.41, 5.74) is 2.77. The van der Waals surface area contributed by atoms with Gasteiger partial charge in [-0.3, -0.25) is 0 Å². The zero-order chi connectivity index (χ0) is 21.0. The van der Waals surface area contributed by atoms with Crippen LogP contribution in [0.2, 0.25) is 0 Å². The Morgan fingerprint density at radius 1 is 1.03 bits per heavy atom. The third kappa shape index (κ3) is 4.40. The maximum absolute atomic E-state index is 12.5. The van der Waals surface area contributed by atoms with Crippen LogP contribution in [0.25, 0.3) is 11.1 Å². The van der Waals surface area contributed by atoms with Crippen molar-refractivity contribution in [3.63, 3.8) is 0 Å². The van der Waals surface area contributed by atoms with Crippen molar-refractivity contribution in [1.29, 1.82) is 5.26 Å². The Balaban J connectivity index is 1.74. The van der Waals surface area contributed by atoms with Crippen LogP contribution in [0.4, 0.5) is 17.5 Å². The molecule has 1 aliphatic heterocycles. The van der Waals surface area contributed by atoms with Gasteiger partial charge in [0.1, 0.15) is 5.82 Å². The predicted molar refractivity (Wildman–Crippen MR) is 115 cm³/mol. The Morgan fingerprint density at radius 3 is 2.73 bits per heavy atom. The van der Waals surface area contributed by atoms with Gasteiger partial charge in [-0.05, 0) is 48.7 Å². The molecule has 1 aromatic heterocycles. The van der Waals surface area contributed by atoms with Gasteiger partial charge in [0, 0.05) is 30.5 Å². The molecule has 4 rings (SSSR count). The van der Waals surface area contributed by atoms with E-state index in [0.717, 1.165) is 17.5 Å². The number of sulfonamides is 1. The van der Waals surface area contributed by atoms with Gasteiger partial charge >= 0.3 is 0 Å². The Kier molecular flexibility index (Phi) is 5.61. The molecule has 0 radical (unpaired) electrons. The van der Waals surface area contributed by atoms with E-state index in [1.807, 2.05) is 12.1 Å². The molecule has 3 N–H and O–H groups in total. The molecular weight excluding hydrogens is 400 g/mol. The fourth-order valence-electron chi connectivity index (χ4n) is 3.16. The SMILES string of the molecule is N#Cc1cccc(-c2cnc3nc2NCCCCNS(=O)(=O)c2cccc(c2)N3)c1. The number of hydrogen-bond acceptors (Lipinski definition) is 7. The lowest BCUT2D eigenvalue weighted by atomic mass is 10.1. The normalized spacial score (nSPS) is 15.7. The van der Waals surface area contributed by atoms with Crippen LogP contribution >= 0.6 is 0 Å². The number of nitrogens with zero attached hydrogens (tertiary/aromatic N) is 3. The molecule has 2 heterocycles. The molecule has 30 heavy (non-hydrogen) atoms. The molecule has 9 heteroatoms. The number of rotatable bonds is 1. The molecule has 0 amide bonds. The van der Waals surface area contributed by atoms with Crippen molar-refractivity contribution >= 4 is 27.5 Å². The van der Waals surface area contributed by atoms with E-state index in [1.165, 1.54) is 0 Å². The van der Waals surface area contributed by atoms with Crippen molar-refractivity contribution in [2.24, 2.45) is 0 Å². The average molecular weight is 420 g/mol. The topological polar surface area (TPSA) is 120 Å². The smallest absolute Gasteiger partial charge is 0.240 e. The highest BCUT2D eigenvalue weighted by atomic mass is 32.2. The molecule has 8 nitrogen and oxygen atoms in total. The van der Waals surface area contributed by atoms with Crippen molar-refractivity contribution in [3.05, 3.63) is 60.3 Å². The van der Waals surface area contributed by atoms with Gasteiger partial charge in [-0.2, -0.15) is 10.2 Å². The highest BCUT2D eigenvalue weighted by molar-refractivity contribution is 7.89. The van der Waals surface area contributed by atoms with Gasteiger partial charge in [0.25, 0.3) is 0 Å². The molecule has 0 fully saturated rings. The van der Waals surface area contributed by atoms with Crippen LogP contribution in [0.3, 0.4) is 0 Å². The zero-order valence-corrected chi connectivity index (χ0v) is 16.9. The summed E-state index contributed by atoms with van der Waals surface area (Å²) in [5, 5.41) is 15.6. The summed E-state index contributed by atoms with van der Waals surface area (Å²) in [6, 6.07) is 16.0. The van der Waals surface area contributed by atoms with Gasteiger partial charge in [-0.25, -0.2) is 18.1 Å². The Labute approximate surface area is 175 Å². The minimum absolute atomic E-state index is 0.188. The fraction of sp³-hybridized carbons (Fsp3) is 0.190. The number of fused-ring (bicyclic) bond motifs is 4. The summed E-state index contributed by atoms with van der Waals surface area (Å²) < 4.78 is 27.5. The molecule has 1 aliphatic rings. The first-order chi connectivity index (χ1) is 14.5. The number of hydrogen-bond donors (Lipinski definition) is 3. The first-order valence-corrected chi connectivity index (χ1v) is 11.0. The van der Waals surface area contributed by atoms with Gasteiger partial charge in [0.2, 0.25) is 16.0 Å². The average Bonchev–Trinajstić information content (AvgIpc) is 2.76. The summed E-state index contributed by atoms with van der Waals surface area (Å²) >= 11 is 0. The fourth-order valence-corrected chi connectivity index (χ4v) is 4.28. The summed E-state index contributed by atoms with van der Waals surface area (Å²) in [6.45, 7) is 0.974. The van der Waals surface area contributed by atoms with E-state index in [4.69, 9.17) is 0 Å². The minimum atomic E-state index is -3.57. The monoisotopic (exact) mass is 420 g/mol. The highest BCUT2D eigenvalue weighted by Crippen LogP contribution is 2.28. The molecule has 2 aromatic carbocycles. The van der Waals surface area contributed by atoms with Crippen LogP contribution in [0.15, 0.2) is 59.6 Å². The molecule has 4 bridgehead atoms. The Hall–Kier alpha value is -3.48. The standard InChI is InChI=1S/C21H20N6O2S/c22-13-15-5-3-6-16(11-15)19-14-24-21-26-17-7-4-8-18(12-17)30(28,29)25-10-2-1-9-23-20(19)27-21/h3-8,11-12,14,25H,1-2,9-10H2,(H2,23,24,26,27). The number of anilines is 3. The molecule has 0 atom stereocenters. The van der Waals surface area contributed by atoms with E-state index < -0.39 is 10.0 Å². The van der Waals surface area contributed by atoms with E-state index in [2.05, 4.69) is 31.4 Å². The van der Waals surface area contributed by atoms with Crippen LogP contribution in [0.1, 0.15) is 18.4 Å². The van der Waals surface area contributed by atoms with Crippen molar-refractivity contribution in [1.82, 2.24) is 14.7 Å². The quantitative estimate of drug-likeness (QED) is 0.553. The van der Waals surface area contributed by atoms with E-state index in [0.29, 0.717) is 42.5 Å². The van der Waals surface area contributed by atoms with Gasteiger partial charge in [-0.15, -0.1) is 0 Å². The molecule has 3 aromatic rings. The minimum Gasteiger partial charge on any atom is -0.369 e. The largest absolute Gasteiger partial charge is 0.369 e. The second-order valence-electron chi connectivity index (χ2n) is 6.83. The molecular formula is C21H20N6O2S. The van der Waals surface area contributed by atoms with Crippen molar-refractivity contribution in [3.8, 4) is 17.2 Å². The molecule has 0 saturated carbocycles. The summed E-state index contributed by atoms with van der Waals surface area (Å²) in [6.07, 6.45) is 3.14. The second-order valence-corrected chi connectivity index (χ2v) is 8.60. The first kappa shape index (κ1) is 19.8. The van der Waals surface area contributed by atoms with Crippen LogP contribution < -0.4 is 15.4 Å². The molecule has 0 saturated heterocycles. The number of benzene rings is 2. The van der Waals surface area contributed by atoms with Crippen LogP contribution in [0, 0.1) is 11.3 Å². The van der Waals surface area contributed by atoms with E-state index in [-0.39, 0.29) is 4.90 Å². The lowest BCUT2D eigenvalue weighted by Crippen LogP contribution is -2.25. The van der Waals surface area contributed by atoms with Crippen molar-refractivity contribution in [2.45, 2.75) is 17.7 Å². The van der Waals surface area contributed by atoms with E-state index in [1.54, 1.807) is 42.6 Å². The third-order valence-electron chi connectivity index (χ3n) is 4.68. The van der Waals surface area contributed by atoms with Gasteiger partial charge in [0.15, 0.2) is 0 Å². The van der Waals surface area contributed by atoms with Crippen molar-refractivity contribution in [2.75, 3.05) is 23.7 Å². The summed E-state index contributed by atoms with van der Waals surface area (Å²) in [4.78, 5) is 9.18. The third-order valence-corrected chi connectivity index (χ3v) is 6.14. The maximum atomic E-state index is 12.5. The van der Waals surface area contributed by atoms with Crippen molar-refractivity contribution < 1.29 is 8.42 Å². The lowest BCUT2D eigenvalue weighted by Gasteiger charge is -2.15. The van der Waals surface area contributed by atoms with Gasteiger partial charge in [0.05, 0.1) is 16.5 Å². The van der Waals surface area contributed by atoms with E-state index in [9.17, 15) is 13.7 Å². The molecule has 0 unspecified atom stereocenters. The number of aromatic nitrogens is 2. The van der Waals surface area contributed by atoms with Crippen LogP contribution in [-0.2, 0) is 10.0 Å².